The lowest BCUT2D eigenvalue weighted by atomic mass is 10.1. The van der Waals surface area contributed by atoms with Crippen molar-refractivity contribution in [2.24, 2.45) is 0 Å². The fraction of sp³-hybridized carbons (Fsp3) is 0.385. The molecule has 1 fully saturated rings. The van der Waals surface area contributed by atoms with Gasteiger partial charge in [0.15, 0.2) is 0 Å². The highest BCUT2D eigenvalue weighted by Gasteiger charge is 2.30. The molecule has 2 aromatic carbocycles. The molecule has 0 radical (unpaired) electrons. The molecule has 8 nitrogen and oxygen atoms in total. The smallest absolute Gasteiger partial charge is 0.271 e. The second kappa shape index (κ2) is 10.5. The van der Waals surface area contributed by atoms with Gasteiger partial charge in [-0.3, -0.25) is 9.59 Å². The Balaban J connectivity index is 1.50. The number of aromatic nitrogens is 3. The zero-order valence-corrected chi connectivity index (χ0v) is 22.0. The Bertz CT molecular complexity index is 1160. The van der Waals surface area contributed by atoms with E-state index in [-0.39, 0.29) is 11.8 Å². The zero-order valence-electron chi connectivity index (χ0n) is 21.0. The summed E-state index contributed by atoms with van der Waals surface area (Å²) in [5.41, 5.74) is 3.21. The number of piperazine rings is 1. The summed E-state index contributed by atoms with van der Waals surface area (Å²) in [5.74, 6) is -0.106. The lowest BCUT2D eigenvalue weighted by Crippen LogP contribution is -2.47. The summed E-state index contributed by atoms with van der Waals surface area (Å²) in [7, 11) is 0.172. The van der Waals surface area contributed by atoms with Crippen LogP contribution in [0.1, 0.15) is 32.0 Å². The van der Waals surface area contributed by atoms with Crippen LogP contribution in [0.4, 0.5) is 0 Å². The molecule has 3 aromatic rings. The van der Waals surface area contributed by atoms with Crippen molar-refractivity contribution in [2.45, 2.75) is 32.7 Å². The Morgan fingerprint density at radius 3 is 2.20 bits per heavy atom. The van der Waals surface area contributed by atoms with Gasteiger partial charge >= 0.3 is 0 Å². The molecule has 0 bridgehead atoms. The van der Waals surface area contributed by atoms with Gasteiger partial charge in [0, 0.05) is 38.3 Å². The minimum atomic E-state index is -1.90. The SMILES string of the molecule is CN1CCN(C(=O)c2ccc(Cn3nnc([Si](C)(C)C)c3C(=O)NCc3ccccc3)cc2)CC1. The van der Waals surface area contributed by atoms with Crippen molar-refractivity contribution in [3.8, 4) is 0 Å². The number of carbonyl (C=O) groups excluding carboxylic acids is 2. The predicted octanol–water partition coefficient (Wildman–Crippen LogP) is 2.19. The molecule has 184 valence electrons. The van der Waals surface area contributed by atoms with Crippen LogP contribution in [0.5, 0.6) is 0 Å². The second-order valence-corrected chi connectivity index (χ2v) is 15.1. The van der Waals surface area contributed by atoms with Gasteiger partial charge in [-0.2, -0.15) is 0 Å². The monoisotopic (exact) mass is 490 g/mol. The van der Waals surface area contributed by atoms with E-state index in [1.165, 1.54) is 0 Å². The van der Waals surface area contributed by atoms with Crippen LogP contribution >= 0.6 is 0 Å². The highest BCUT2D eigenvalue weighted by Crippen LogP contribution is 2.13. The molecule has 1 N–H and O–H groups in total. The van der Waals surface area contributed by atoms with E-state index in [9.17, 15) is 9.59 Å². The van der Waals surface area contributed by atoms with Gasteiger partial charge in [0.25, 0.3) is 11.8 Å². The number of nitrogens with one attached hydrogen (secondary N) is 1. The first-order valence-electron chi connectivity index (χ1n) is 12.1. The van der Waals surface area contributed by atoms with E-state index >= 15 is 0 Å². The maximum atomic E-state index is 13.3. The van der Waals surface area contributed by atoms with Gasteiger partial charge < -0.3 is 15.1 Å². The van der Waals surface area contributed by atoms with Crippen molar-refractivity contribution >= 4 is 25.2 Å². The van der Waals surface area contributed by atoms with Crippen molar-refractivity contribution < 1.29 is 9.59 Å². The molecular weight excluding hydrogens is 456 g/mol. The van der Waals surface area contributed by atoms with Crippen molar-refractivity contribution in [2.75, 3.05) is 33.2 Å². The van der Waals surface area contributed by atoms with Crippen LogP contribution in [0.25, 0.3) is 0 Å². The fourth-order valence-electron chi connectivity index (χ4n) is 4.13. The third kappa shape index (κ3) is 6.04. The molecule has 1 aromatic heterocycles. The number of hydrogen-bond donors (Lipinski definition) is 1. The second-order valence-electron chi connectivity index (χ2n) is 10.2. The summed E-state index contributed by atoms with van der Waals surface area (Å²) < 4.78 is 1.69. The number of rotatable bonds is 7. The van der Waals surface area contributed by atoms with Gasteiger partial charge in [-0.25, -0.2) is 4.68 Å². The van der Waals surface area contributed by atoms with E-state index in [2.05, 4.69) is 47.2 Å². The Hall–Kier alpha value is -3.30. The molecule has 0 unspecified atom stereocenters. The van der Waals surface area contributed by atoms with Gasteiger partial charge in [0.05, 0.1) is 11.9 Å². The summed E-state index contributed by atoms with van der Waals surface area (Å²) >= 11 is 0. The Labute approximate surface area is 207 Å². The molecule has 4 rings (SSSR count). The average Bonchev–Trinajstić information content (AvgIpc) is 3.28. The third-order valence-corrected chi connectivity index (χ3v) is 8.04. The first kappa shape index (κ1) is 24.8. The molecule has 9 heteroatoms. The lowest BCUT2D eigenvalue weighted by Gasteiger charge is -2.32. The Morgan fingerprint density at radius 2 is 1.57 bits per heavy atom. The van der Waals surface area contributed by atoms with E-state index in [1.54, 1.807) is 4.68 Å². The normalized spacial score (nSPS) is 14.7. The maximum Gasteiger partial charge on any atom is 0.271 e. The first-order valence-corrected chi connectivity index (χ1v) is 15.6. The van der Waals surface area contributed by atoms with Crippen LogP contribution in [0, 0.1) is 0 Å². The molecule has 35 heavy (non-hydrogen) atoms. The number of nitrogens with zero attached hydrogens (tertiary/aromatic N) is 5. The first-order chi connectivity index (χ1) is 16.7. The van der Waals surface area contributed by atoms with Gasteiger partial charge in [-0.05, 0) is 30.3 Å². The van der Waals surface area contributed by atoms with Crippen LogP contribution < -0.4 is 10.6 Å². The summed E-state index contributed by atoms with van der Waals surface area (Å²) in [6, 6.07) is 17.4. The third-order valence-electron chi connectivity index (χ3n) is 6.28. The number of likely N-dealkylation sites (N-methyl/N-ethyl adjacent to an activating group) is 1. The van der Waals surface area contributed by atoms with Crippen LogP contribution in [0.3, 0.4) is 0 Å². The van der Waals surface area contributed by atoms with Gasteiger partial charge in [-0.15, -0.1) is 5.10 Å². The fourth-order valence-corrected chi connectivity index (χ4v) is 5.43. The zero-order chi connectivity index (χ0) is 25.0. The summed E-state index contributed by atoms with van der Waals surface area (Å²) in [6.07, 6.45) is 0. The van der Waals surface area contributed by atoms with Gasteiger partial charge in [-0.1, -0.05) is 67.3 Å². The minimum absolute atomic E-state index is 0.0624. The van der Waals surface area contributed by atoms with E-state index in [4.69, 9.17) is 0 Å². The number of carbonyl (C=O) groups is 2. The van der Waals surface area contributed by atoms with Crippen LogP contribution in [-0.2, 0) is 13.1 Å². The van der Waals surface area contributed by atoms with E-state index in [1.807, 2.05) is 59.5 Å². The van der Waals surface area contributed by atoms with Crippen molar-refractivity contribution in [1.29, 1.82) is 0 Å². The van der Waals surface area contributed by atoms with Crippen molar-refractivity contribution in [1.82, 2.24) is 30.1 Å². The number of hydrogen-bond acceptors (Lipinski definition) is 5. The molecule has 1 aliphatic rings. The Morgan fingerprint density at radius 1 is 0.914 bits per heavy atom. The standard InChI is InChI=1S/C26H34N6O2Si/c1-30-14-16-31(17-15-30)26(34)22-12-10-21(11-13-22)19-32-23(25(28-29-32)35(2,3)4)24(33)27-18-20-8-6-5-7-9-20/h5-13H,14-19H2,1-4H3,(H,27,33). The molecule has 0 spiro atoms. The highest BCUT2D eigenvalue weighted by atomic mass is 28.3. The van der Waals surface area contributed by atoms with E-state index in [0.29, 0.717) is 24.3 Å². The largest absolute Gasteiger partial charge is 0.347 e. The molecule has 2 heterocycles. The molecule has 0 atom stereocenters. The van der Waals surface area contributed by atoms with Crippen LogP contribution in [-0.4, -0.2) is 77.9 Å². The molecular formula is C26H34N6O2Si. The van der Waals surface area contributed by atoms with E-state index in [0.717, 1.165) is 42.6 Å². The van der Waals surface area contributed by atoms with Crippen LogP contribution in [0.2, 0.25) is 19.6 Å². The van der Waals surface area contributed by atoms with Crippen molar-refractivity contribution in [3.63, 3.8) is 0 Å². The summed E-state index contributed by atoms with van der Waals surface area (Å²) in [5, 5.41) is 12.6. The highest BCUT2D eigenvalue weighted by molar-refractivity contribution is 6.88. The van der Waals surface area contributed by atoms with Crippen LogP contribution in [0.15, 0.2) is 54.6 Å². The number of amides is 2. The van der Waals surface area contributed by atoms with Gasteiger partial charge in [0.2, 0.25) is 0 Å². The van der Waals surface area contributed by atoms with Crippen molar-refractivity contribution in [3.05, 3.63) is 77.0 Å². The topological polar surface area (TPSA) is 83.4 Å². The molecule has 0 saturated carbocycles. The average molecular weight is 491 g/mol. The lowest BCUT2D eigenvalue weighted by molar-refractivity contribution is 0.0664. The molecule has 1 saturated heterocycles. The molecule has 0 aliphatic carbocycles. The summed E-state index contributed by atoms with van der Waals surface area (Å²) in [6.45, 7) is 10.6. The van der Waals surface area contributed by atoms with Gasteiger partial charge in [0.1, 0.15) is 13.8 Å². The van der Waals surface area contributed by atoms with E-state index < -0.39 is 8.07 Å². The quantitative estimate of drug-likeness (QED) is 0.514. The Kier molecular flexibility index (Phi) is 7.47. The number of benzene rings is 2. The minimum Gasteiger partial charge on any atom is -0.347 e. The predicted molar refractivity (Wildman–Crippen MR) is 140 cm³/mol. The maximum absolute atomic E-state index is 13.3. The molecule has 2 amide bonds. The summed E-state index contributed by atoms with van der Waals surface area (Å²) in [4.78, 5) is 30.2. The molecule has 1 aliphatic heterocycles.